The van der Waals surface area contributed by atoms with Crippen LogP contribution < -0.4 is 5.32 Å². The van der Waals surface area contributed by atoms with Crippen LogP contribution in [0.4, 0.5) is 0 Å². The molecule has 2 aliphatic rings. The molecule has 1 unspecified atom stereocenters. The normalized spacial score (nSPS) is 29.1. The lowest BCUT2D eigenvalue weighted by molar-refractivity contribution is 0.000203. The third-order valence-corrected chi connectivity index (χ3v) is 4.30. The molecule has 0 saturated carbocycles. The first-order valence-corrected chi connectivity index (χ1v) is 6.77. The lowest BCUT2D eigenvalue weighted by Gasteiger charge is -2.49. The van der Waals surface area contributed by atoms with Crippen molar-refractivity contribution in [3.05, 3.63) is 0 Å². The molecule has 2 fully saturated rings. The van der Waals surface area contributed by atoms with Crippen molar-refractivity contribution < 1.29 is 0 Å². The van der Waals surface area contributed by atoms with Gasteiger partial charge in [-0.25, -0.2) is 0 Å². The Labute approximate surface area is 100 Å². The maximum atomic E-state index is 3.32. The molecule has 3 nitrogen and oxygen atoms in total. The first-order chi connectivity index (χ1) is 7.63. The number of likely N-dealkylation sites (N-methyl/N-ethyl adjacent to an activating group) is 1. The van der Waals surface area contributed by atoms with Gasteiger partial charge in [0.1, 0.15) is 0 Å². The predicted octanol–water partition coefficient (Wildman–Crippen LogP) is 1.15. The average Bonchev–Trinajstić information content (AvgIpc) is 2.28. The Balaban J connectivity index is 1.94. The third-order valence-electron chi connectivity index (χ3n) is 4.30. The number of fused-ring (bicyclic) bond motifs is 1. The Kier molecular flexibility index (Phi) is 3.88. The lowest BCUT2D eigenvalue weighted by Crippen LogP contribution is -2.62. The van der Waals surface area contributed by atoms with Gasteiger partial charge in [0.25, 0.3) is 0 Å². The monoisotopic (exact) mass is 225 g/mol. The van der Waals surface area contributed by atoms with Gasteiger partial charge in [0, 0.05) is 37.8 Å². The van der Waals surface area contributed by atoms with Crippen LogP contribution >= 0.6 is 0 Å². The first kappa shape index (κ1) is 12.3. The van der Waals surface area contributed by atoms with Gasteiger partial charge in [0.05, 0.1) is 0 Å². The highest BCUT2D eigenvalue weighted by Gasteiger charge is 2.35. The Bertz CT molecular complexity index is 227. The van der Waals surface area contributed by atoms with Gasteiger partial charge in [-0.15, -0.1) is 0 Å². The highest BCUT2D eigenvalue weighted by molar-refractivity contribution is 4.92. The van der Waals surface area contributed by atoms with E-state index >= 15 is 0 Å². The molecule has 1 N–H and O–H groups in total. The zero-order valence-corrected chi connectivity index (χ0v) is 11.1. The second kappa shape index (κ2) is 5.03. The van der Waals surface area contributed by atoms with Crippen molar-refractivity contribution in [1.29, 1.82) is 0 Å². The minimum atomic E-state index is 0.304. The van der Waals surface area contributed by atoms with Crippen molar-refractivity contribution in [3.63, 3.8) is 0 Å². The number of hydrogen-bond donors (Lipinski definition) is 1. The molecule has 0 aromatic carbocycles. The van der Waals surface area contributed by atoms with Crippen molar-refractivity contribution in [2.24, 2.45) is 0 Å². The van der Waals surface area contributed by atoms with E-state index in [4.69, 9.17) is 0 Å². The molecule has 2 heterocycles. The molecule has 0 amide bonds. The van der Waals surface area contributed by atoms with Gasteiger partial charge in [-0.1, -0.05) is 6.42 Å². The Morgan fingerprint density at radius 2 is 2.00 bits per heavy atom. The fourth-order valence-electron chi connectivity index (χ4n) is 3.25. The molecule has 0 radical (unpaired) electrons. The Morgan fingerprint density at radius 1 is 1.19 bits per heavy atom. The van der Waals surface area contributed by atoms with Gasteiger partial charge in [-0.2, -0.15) is 0 Å². The van der Waals surface area contributed by atoms with Crippen LogP contribution in [-0.2, 0) is 0 Å². The quantitative estimate of drug-likeness (QED) is 0.777. The van der Waals surface area contributed by atoms with Gasteiger partial charge < -0.3 is 5.32 Å². The molecular weight excluding hydrogens is 198 g/mol. The van der Waals surface area contributed by atoms with Crippen LogP contribution in [-0.4, -0.2) is 61.2 Å². The summed E-state index contributed by atoms with van der Waals surface area (Å²) in [5.74, 6) is 0. The molecule has 0 spiro atoms. The van der Waals surface area contributed by atoms with Crippen LogP contribution in [0, 0.1) is 0 Å². The molecule has 3 heteroatoms. The van der Waals surface area contributed by atoms with E-state index in [1.807, 2.05) is 0 Å². The van der Waals surface area contributed by atoms with Gasteiger partial charge in [0.15, 0.2) is 0 Å². The number of piperazine rings is 1. The number of hydrogen-bond acceptors (Lipinski definition) is 3. The Hall–Kier alpha value is -0.120. The summed E-state index contributed by atoms with van der Waals surface area (Å²) in [5.41, 5.74) is 0.304. The fourth-order valence-corrected chi connectivity index (χ4v) is 3.25. The molecule has 0 bridgehead atoms. The van der Waals surface area contributed by atoms with E-state index in [2.05, 4.69) is 36.0 Å². The number of nitrogens with one attached hydrogen (secondary N) is 1. The maximum absolute atomic E-state index is 3.32. The molecular formula is C13H27N3. The summed E-state index contributed by atoms with van der Waals surface area (Å²) in [4.78, 5) is 5.38. The summed E-state index contributed by atoms with van der Waals surface area (Å²) in [6.07, 6.45) is 4.25. The summed E-state index contributed by atoms with van der Waals surface area (Å²) in [7, 11) is 2.05. The fraction of sp³-hybridized carbons (Fsp3) is 1.00. The van der Waals surface area contributed by atoms with E-state index in [1.165, 1.54) is 45.4 Å². The van der Waals surface area contributed by atoms with Gasteiger partial charge in [-0.05, 0) is 40.3 Å². The highest BCUT2D eigenvalue weighted by atomic mass is 15.3. The van der Waals surface area contributed by atoms with Crippen molar-refractivity contribution in [2.75, 3.05) is 39.8 Å². The van der Waals surface area contributed by atoms with E-state index in [1.54, 1.807) is 0 Å². The number of nitrogens with zero attached hydrogens (tertiary/aromatic N) is 2. The van der Waals surface area contributed by atoms with E-state index in [9.17, 15) is 0 Å². The zero-order chi connectivity index (χ0) is 11.6. The second-order valence-electron chi connectivity index (χ2n) is 5.97. The largest absolute Gasteiger partial charge is 0.318 e. The lowest BCUT2D eigenvalue weighted by atomic mass is 9.95. The van der Waals surface area contributed by atoms with Gasteiger partial charge >= 0.3 is 0 Å². The minimum Gasteiger partial charge on any atom is -0.318 e. The molecule has 0 aromatic rings. The second-order valence-corrected chi connectivity index (χ2v) is 5.97. The van der Waals surface area contributed by atoms with Crippen LogP contribution in [0.5, 0.6) is 0 Å². The molecule has 2 saturated heterocycles. The molecule has 0 aromatic heterocycles. The predicted molar refractivity (Wildman–Crippen MR) is 68.8 cm³/mol. The molecule has 0 aliphatic carbocycles. The van der Waals surface area contributed by atoms with Crippen LogP contribution in [0.1, 0.15) is 33.1 Å². The Morgan fingerprint density at radius 3 is 2.75 bits per heavy atom. The summed E-state index contributed by atoms with van der Waals surface area (Å²) >= 11 is 0. The van der Waals surface area contributed by atoms with E-state index in [0.29, 0.717) is 5.54 Å². The summed E-state index contributed by atoms with van der Waals surface area (Å²) in [6.45, 7) is 10.9. The average molecular weight is 225 g/mol. The molecule has 2 rings (SSSR count). The molecule has 16 heavy (non-hydrogen) atoms. The van der Waals surface area contributed by atoms with E-state index in [-0.39, 0.29) is 0 Å². The number of piperidine rings is 1. The first-order valence-electron chi connectivity index (χ1n) is 6.77. The number of rotatable bonds is 3. The third kappa shape index (κ3) is 2.58. The van der Waals surface area contributed by atoms with Gasteiger partial charge in [-0.3, -0.25) is 9.80 Å². The minimum absolute atomic E-state index is 0.304. The van der Waals surface area contributed by atoms with Gasteiger partial charge in [0.2, 0.25) is 0 Å². The van der Waals surface area contributed by atoms with Crippen LogP contribution in [0.2, 0.25) is 0 Å². The van der Waals surface area contributed by atoms with Crippen LogP contribution in [0.15, 0.2) is 0 Å². The standard InChI is InChI=1S/C13H27N3/c1-13(2,11-14-3)16-9-8-15-7-5-4-6-12(15)10-16/h12,14H,4-11H2,1-3H3. The zero-order valence-electron chi connectivity index (χ0n) is 11.1. The van der Waals surface area contributed by atoms with E-state index in [0.717, 1.165) is 12.6 Å². The highest BCUT2D eigenvalue weighted by Crippen LogP contribution is 2.25. The van der Waals surface area contributed by atoms with Crippen LogP contribution in [0.3, 0.4) is 0 Å². The summed E-state index contributed by atoms with van der Waals surface area (Å²) in [5, 5.41) is 3.32. The van der Waals surface area contributed by atoms with E-state index < -0.39 is 0 Å². The summed E-state index contributed by atoms with van der Waals surface area (Å²) < 4.78 is 0. The maximum Gasteiger partial charge on any atom is 0.0278 e. The van der Waals surface area contributed by atoms with Crippen LogP contribution in [0.25, 0.3) is 0 Å². The molecule has 1 atom stereocenters. The molecule has 94 valence electrons. The topological polar surface area (TPSA) is 18.5 Å². The van der Waals surface area contributed by atoms with Crippen molar-refractivity contribution in [3.8, 4) is 0 Å². The molecule has 2 aliphatic heterocycles. The SMILES string of the molecule is CNCC(C)(C)N1CCN2CCCCC2C1. The van der Waals surface area contributed by atoms with Crippen molar-refractivity contribution in [2.45, 2.75) is 44.7 Å². The summed E-state index contributed by atoms with van der Waals surface area (Å²) in [6, 6.07) is 0.832. The van der Waals surface area contributed by atoms with Crippen molar-refractivity contribution in [1.82, 2.24) is 15.1 Å². The van der Waals surface area contributed by atoms with Crippen molar-refractivity contribution >= 4 is 0 Å². The smallest absolute Gasteiger partial charge is 0.0278 e.